The number of aromatic nitrogens is 1. The molecule has 0 fully saturated rings. The minimum Gasteiger partial charge on any atom is -0.294 e. The van der Waals surface area contributed by atoms with Gasteiger partial charge < -0.3 is 0 Å². The molecule has 0 saturated carbocycles. The zero-order chi connectivity index (χ0) is 13.9. The normalized spacial score (nSPS) is 18.4. The number of hydrogen-bond acceptors (Lipinski definition) is 2. The predicted octanol–water partition coefficient (Wildman–Crippen LogP) is 4.22. The zero-order valence-corrected chi connectivity index (χ0v) is 12.8. The third-order valence-corrected chi connectivity index (χ3v) is 4.37. The van der Waals surface area contributed by atoms with Gasteiger partial charge in [-0.3, -0.25) is 9.78 Å². The molecule has 0 N–H and O–H groups in total. The summed E-state index contributed by atoms with van der Waals surface area (Å²) in [5.74, 6) is 0.343. The maximum atomic E-state index is 12.7. The van der Waals surface area contributed by atoms with E-state index < -0.39 is 0 Å². The molecule has 102 valence electrons. The van der Waals surface area contributed by atoms with Crippen molar-refractivity contribution in [3.8, 4) is 0 Å². The molecule has 1 unspecified atom stereocenters. The molecule has 0 amide bonds. The quantitative estimate of drug-likeness (QED) is 0.772. The van der Waals surface area contributed by atoms with Gasteiger partial charge in [0, 0.05) is 27.8 Å². The Bertz CT molecular complexity index is 621. The van der Waals surface area contributed by atoms with Gasteiger partial charge >= 0.3 is 0 Å². The minimum absolute atomic E-state index is 0.0623. The lowest BCUT2D eigenvalue weighted by molar-refractivity contribution is 0.0914. The molecule has 0 saturated heterocycles. The number of Topliss-reactive ketones (excluding diaryl/α,β-unsaturated/α-hetero) is 1. The Kier molecular flexibility index (Phi) is 3.97. The van der Waals surface area contributed by atoms with E-state index in [2.05, 4.69) is 27.0 Å². The van der Waals surface area contributed by atoms with Gasteiger partial charge in [-0.25, -0.2) is 0 Å². The van der Waals surface area contributed by atoms with Gasteiger partial charge in [0.15, 0.2) is 5.78 Å². The standard InChI is InChI=1S/C17H16BrNO/c18-14-8-9-15(19-11-14)10-13-6-3-5-12-4-1-2-7-16(12)17(13)20/h1-2,4,7-9,11,13H,3,5-6,10H2. The molecule has 1 aliphatic rings. The van der Waals surface area contributed by atoms with Crippen LogP contribution < -0.4 is 0 Å². The van der Waals surface area contributed by atoms with E-state index in [0.717, 1.165) is 41.4 Å². The minimum atomic E-state index is 0.0623. The lowest BCUT2D eigenvalue weighted by atomic mass is 9.91. The number of benzene rings is 1. The fourth-order valence-electron chi connectivity index (χ4n) is 2.84. The number of carbonyl (C=O) groups is 1. The summed E-state index contributed by atoms with van der Waals surface area (Å²) in [7, 11) is 0. The van der Waals surface area contributed by atoms with Crippen LogP contribution in [0.1, 0.15) is 34.5 Å². The van der Waals surface area contributed by atoms with Crippen LogP contribution in [0.4, 0.5) is 0 Å². The van der Waals surface area contributed by atoms with E-state index in [-0.39, 0.29) is 11.7 Å². The molecule has 20 heavy (non-hydrogen) atoms. The molecule has 3 heteroatoms. The third-order valence-electron chi connectivity index (χ3n) is 3.90. The summed E-state index contributed by atoms with van der Waals surface area (Å²) in [6.45, 7) is 0. The monoisotopic (exact) mass is 329 g/mol. The van der Waals surface area contributed by atoms with E-state index in [1.54, 1.807) is 6.20 Å². The number of nitrogens with zero attached hydrogens (tertiary/aromatic N) is 1. The van der Waals surface area contributed by atoms with Crippen molar-refractivity contribution in [1.82, 2.24) is 4.98 Å². The number of pyridine rings is 1. The molecule has 1 aromatic carbocycles. The summed E-state index contributed by atoms with van der Waals surface area (Å²) in [6.07, 6.45) is 5.56. The molecule has 0 bridgehead atoms. The number of halogens is 1. The molecule has 1 aromatic heterocycles. The second kappa shape index (κ2) is 5.88. The van der Waals surface area contributed by atoms with Crippen LogP contribution in [0.25, 0.3) is 0 Å². The van der Waals surface area contributed by atoms with Crippen LogP contribution in [0.15, 0.2) is 47.1 Å². The van der Waals surface area contributed by atoms with Gasteiger partial charge in [0.2, 0.25) is 0 Å². The van der Waals surface area contributed by atoms with Crippen molar-refractivity contribution in [3.63, 3.8) is 0 Å². The smallest absolute Gasteiger partial charge is 0.166 e. The van der Waals surface area contributed by atoms with Crippen LogP contribution >= 0.6 is 15.9 Å². The maximum absolute atomic E-state index is 12.7. The Morgan fingerprint density at radius 1 is 1.20 bits per heavy atom. The van der Waals surface area contributed by atoms with Crippen molar-refractivity contribution in [1.29, 1.82) is 0 Å². The fourth-order valence-corrected chi connectivity index (χ4v) is 3.08. The summed E-state index contributed by atoms with van der Waals surface area (Å²) < 4.78 is 0.971. The van der Waals surface area contributed by atoms with Crippen LogP contribution in [0.2, 0.25) is 0 Å². The van der Waals surface area contributed by atoms with E-state index >= 15 is 0 Å². The molecule has 0 aliphatic heterocycles. The van der Waals surface area contributed by atoms with Crippen molar-refractivity contribution < 1.29 is 4.79 Å². The van der Waals surface area contributed by atoms with E-state index in [1.807, 2.05) is 30.3 Å². The van der Waals surface area contributed by atoms with Gasteiger partial charge in [0.25, 0.3) is 0 Å². The molecule has 1 heterocycles. The first-order valence-corrected chi connectivity index (χ1v) is 7.76. The topological polar surface area (TPSA) is 30.0 Å². The lowest BCUT2D eigenvalue weighted by Crippen LogP contribution is -2.17. The van der Waals surface area contributed by atoms with Gasteiger partial charge in [-0.2, -0.15) is 0 Å². The highest BCUT2D eigenvalue weighted by molar-refractivity contribution is 9.10. The van der Waals surface area contributed by atoms with Gasteiger partial charge in [-0.15, -0.1) is 0 Å². The number of fused-ring (bicyclic) bond motifs is 1. The van der Waals surface area contributed by atoms with Crippen molar-refractivity contribution >= 4 is 21.7 Å². The SMILES string of the molecule is O=C1c2ccccc2CCCC1Cc1ccc(Br)cn1. The summed E-state index contributed by atoms with van der Waals surface area (Å²) >= 11 is 3.39. The van der Waals surface area contributed by atoms with Crippen molar-refractivity contribution in [2.75, 3.05) is 0 Å². The van der Waals surface area contributed by atoms with Gasteiger partial charge in [-0.1, -0.05) is 24.3 Å². The molecular weight excluding hydrogens is 314 g/mol. The highest BCUT2D eigenvalue weighted by atomic mass is 79.9. The van der Waals surface area contributed by atoms with Crippen LogP contribution in [0.3, 0.4) is 0 Å². The van der Waals surface area contributed by atoms with Crippen LogP contribution in [0, 0.1) is 5.92 Å². The first-order chi connectivity index (χ1) is 9.74. The fraction of sp³-hybridized carbons (Fsp3) is 0.294. The van der Waals surface area contributed by atoms with Crippen LogP contribution in [0.5, 0.6) is 0 Å². The molecule has 2 nitrogen and oxygen atoms in total. The summed E-state index contributed by atoms with van der Waals surface area (Å²) in [4.78, 5) is 17.1. The lowest BCUT2D eigenvalue weighted by Gasteiger charge is -2.13. The highest BCUT2D eigenvalue weighted by Crippen LogP contribution is 2.26. The average Bonchev–Trinajstić information content (AvgIpc) is 2.62. The molecule has 0 radical (unpaired) electrons. The summed E-state index contributed by atoms with van der Waals surface area (Å²) in [6, 6.07) is 12.0. The van der Waals surface area contributed by atoms with E-state index in [1.165, 1.54) is 5.56 Å². The van der Waals surface area contributed by atoms with E-state index in [4.69, 9.17) is 0 Å². The Morgan fingerprint density at radius 3 is 2.85 bits per heavy atom. The molecular formula is C17H16BrNO. The highest BCUT2D eigenvalue weighted by Gasteiger charge is 2.25. The van der Waals surface area contributed by atoms with Crippen LogP contribution in [-0.4, -0.2) is 10.8 Å². The molecule has 3 rings (SSSR count). The second-order valence-corrected chi connectivity index (χ2v) is 6.20. The van der Waals surface area contributed by atoms with Gasteiger partial charge in [0.1, 0.15) is 0 Å². The molecule has 1 aliphatic carbocycles. The van der Waals surface area contributed by atoms with Crippen molar-refractivity contribution in [2.45, 2.75) is 25.7 Å². The Morgan fingerprint density at radius 2 is 2.05 bits per heavy atom. The zero-order valence-electron chi connectivity index (χ0n) is 11.2. The summed E-state index contributed by atoms with van der Waals surface area (Å²) in [5.41, 5.74) is 3.10. The second-order valence-electron chi connectivity index (χ2n) is 5.28. The number of aryl methyl sites for hydroxylation is 1. The van der Waals surface area contributed by atoms with Gasteiger partial charge in [-0.05, 0) is 59.3 Å². The first kappa shape index (κ1) is 13.5. The molecule has 0 spiro atoms. The van der Waals surface area contributed by atoms with Crippen LogP contribution in [-0.2, 0) is 12.8 Å². The molecule has 1 atom stereocenters. The Balaban J connectivity index is 1.84. The molecule has 2 aromatic rings. The maximum Gasteiger partial charge on any atom is 0.166 e. The largest absolute Gasteiger partial charge is 0.294 e. The first-order valence-electron chi connectivity index (χ1n) is 6.96. The average molecular weight is 330 g/mol. The van der Waals surface area contributed by atoms with E-state index in [9.17, 15) is 4.79 Å². The number of rotatable bonds is 2. The van der Waals surface area contributed by atoms with E-state index in [0.29, 0.717) is 0 Å². The van der Waals surface area contributed by atoms with Crippen molar-refractivity contribution in [3.05, 3.63) is 63.9 Å². The Hall–Kier alpha value is -1.48. The number of carbonyl (C=O) groups excluding carboxylic acids is 1. The third kappa shape index (κ3) is 2.83. The van der Waals surface area contributed by atoms with Crippen molar-refractivity contribution in [2.24, 2.45) is 5.92 Å². The predicted molar refractivity (Wildman–Crippen MR) is 82.8 cm³/mol. The summed E-state index contributed by atoms with van der Waals surface area (Å²) in [5, 5.41) is 0. The van der Waals surface area contributed by atoms with Gasteiger partial charge in [0.05, 0.1) is 0 Å². The number of hydrogen-bond donors (Lipinski definition) is 0. The Labute approximate surface area is 127 Å². The number of ketones is 1.